The van der Waals surface area contributed by atoms with Crippen LogP contribution in [-0.4, -0.2) is 39.6 Å². The van der Waals surface area contributed by atoms with Crippen molar-refractivity contribution in [3.8, 4) is 0 Å². The summed E-state index contributed by atoms with van der Waals surface area (Å²) in [5.41, 5.74) is 0.490. The van der Waals surface area contributed by atoms with Gasteiger partial charge in [-0.05, 0) is 67.8 Å². The predicted molar refractivity (Wildman–Crippen MR) is 119 cm³/mol. The molecule has 10 heteroatoms. The van der Waals surface area contributed by atoms with E-state index in [0.717, 1.165) is 12.1 Å². The van der Waals surface area contributed by atoms with Crippen LogP contribution in [0, 0.1) is 11.7 Å². The molecule has 0 aliphatic rings. The average molecular weight is 466 g/mol. The number of anilines is 1. The molecule has 0 radical (unpaired) electrons. The van der Waals surface area contributed by atoms with Crippen molar-refractivity contribution < 1.29 is 27.1 Å². The molecule has 1 unspecified atom stereocenters. The van der Waals surface area contributed by atoms with Crippen LogP contribution in [0.5, 0.6) is 0 Å². The van der Waals surface area contributed by atoms with Gasteiger partial charge in [-0.3, -0.25) is 9.52 Å². The molecular weight excluding hydrogens is 437 g/mol. The lowest BCUT2D eigenvalue weighted by Crippen LogP contribution is -2.44. The molecule has 2 aromatic rings. The Morgan fingerprint density at radius 3 is 2.22 bits per heavy atom. The zero-order chi connectivity index (χ0) is 23.7. The first-order valence-corrected chi connectivity index (χ1v) is 11.7. The first kappa shape index (κ1) is 25.1. The third-order valence-electron chi connectivity index (χ3n) is 4.39. The first-order valence-electron chi connectivity index (χ1n) is 10.2. The van der Waals surface area contributed by atoms with Gasteiger partial charge in [-0.15, -0.1) is 0 Å². The molecule has 0 saturated carbocycles. The van der Waals surface area contributed by atoms with Gasteiger partial charge in [0.25, 0.3) is 15.9 Å². The Balaban J connectivity index is 2.00. The molecule has 2 rings (SSSR count). The van der Waals surface area contributed by atoms with E-state index in [0.29, 0.717) is 6.42 Å². The maximum atomic E-state index is 13.0. The highest BCUT2D eigenvalue weighted by Crippen LogP contribution is 2.17. The van der Waals surface area contributed by atoms with E-state index in [1.165, 1.54) is 36.4 Å². The molecular formula is C22H28FN3O5S. The zero-order valence-electron chi connectivity index (χ0n) is 18.2. The van der Waals surface area contributed by atoms with Gasteiger partial charge in [0, 0.05) is 23.8 Å². The van der Waals surface area contributed by atoms with Gasteiger partial charge in [0.15, 0.2) is 0 Å². The van der Waals surface area contributed by atoms with E-state index < -0.39 is 27.8 Å². The van der Waals surface area contributed by atoms with E-state index in [9.17, 15) is 22.4 Å². The number of nitrogens with one attached hydrogen (secondary N) is 3. The van der Waals surface area contributed by atoms with Crippen molar-refractivity contribution in [1.82, 2.24) is 10.6 Å². The maximum Gasteiger partial charge on any atom is 0.407 e. The molecule has 0 saturated heterocycles. The third-order valence-corrected chi connectivity index (χ3v) is 5.78. The van der Waals surface area contributed by atoms with Gasteiger partial charge in [-0.1, -0.05) is 13.8 Å². The molecule has 32 heavy (non-hydrogen) atoms. The van der Waals surface area contributed by atoms with Crippen LogP contribution in [0.3, 0.4) is 0 Å². The summed E-state index contributed by atoms with van der Waals surface area (Å²) in [5.74, 6) is -0.590. The summed E-state index contributed by atoms with van der Waals surface area (Å²) in [4.78, 5) is 24.1. The molecule has 0 heterocycles. The maximum absolute atomic E-state index is 13.0. The molecule has 1 atom stereocenters. The van der Waals surface area contributed by atoms with Crippen molar-refractivity contribution in [2.45, 2.75) is 38.1 Å². The van der Waals surface area contributed by atoms with E-state index >= 15 is 0 Å². The van der Waals surface area contributed by atoms with Crippen molar-refractivity contribution >= 4 is 27.7 Å². The molecule has 0 aromatic heterocycles. The van der Waals surface area contributed by atoms with E-state index in [-0.39, 0.29) is 41.3 Å². The number of sulfonamides is 1. The van der Waals surface area contributed by atoms with Crippen LogP contribution < -0.4 is 15.4 Å². The fraction of sp³-hybridized carbons (Fsp3) is 0.364. The number of amides is 2. The summed E-state index contributed by atoms with van der Waals surface area (Å²) in [6.45, 7) is 6.15. The first-order chi connectivity index (χ1) is 15.1. The van der Waals surface area contributed by atoms with Crippen LogP contribution in [-0.2, 0) is 14.8 Å². The molecule has 0 aliphatic carbocycles. The Hall–Kier alpha value is -3.14. The largest absolute Gasteiger partial charge is 0.450 e. The Morgan fingerprint density at radius 2 is 1.66 bits per heavy atom. The highest BCUT2D eigenvalue weighted by molar-refractivity contribution is 7.92. The number of benzene rings is 2. The Morgan fingerprint density at radius 1 is 1.03 bits per heavy atom. The lowest BCUT2D eigenvalue weighted by Gasteiger charge is -2.20. The second-order valence-corrected chi connectivity index (χ2v) is 9.22. The van der Waals surface area contributed by atoms with Gasteiger partial charge in [0.05, 0.1) is 11.5 Å². The number of hydrogen-bond acceptors (Lipinski definition) is 5. The van der Waals surface area contributed by atoms with Crippen molar-refractivity contribution in [1.29, 1.82) is 0 Å². The molecule has 2 amide bonds. The molecule has 0 bridgehead atoms. The van der Waals surface area contributed by atoms with E-state index in [1.807, 2.05) is 13.8 Å². The standard InChI is InChI=1S/C22H28FN3O5S/c1-4-31-22(28)25-19(13-15(2)3)14-24-21(27)16-5-11-20(12-6-16)32(29,30)26-18-9-7-17(23)8-10-18/h5-12,15,19,26H,4,13-14H2,1-3H3,(H,24,27)(H,25,28). The Kier molecular flexibility index (Phi) is 9.01. The minimum absolute atomic E-state index is 0.0416. The molecule has 0 fully saturated rings. The highest BCUT2D eigenvalue weighted by atomic mass is 32.2. The zero-order valence-corrected chi connectivity index (χ0v) is 19.0. The Bertz CT molecular complexity index is 1010. The minimum atomic E-state index is -3.89. The molecule has 3 N–H and O–H groups in total. The lowest BCUT2D eigenvalue weighted by atomic mass is 10.0. The van der Waals surface area contributed by atoms with Crippen molar-refractivity contribution in [2.24, 2.45) is 5.92 Å². The normalized spacial score (nSPS) is 12.2. The highest BCUT2D eigenvalue weighted by Gasteiger charge is 2.18. The van der Waals surface area contributed by atoms with Crippen LogP contribution >= 0.6 is 0 Å². The monoisotopic (exact) mass is 465 g/mol. The second-order valence-electron chi connectivity index (χ2n) is 7.54. The van der Waals surface area contributed by atoms with Gasteiger partial charge < -0.3 is 15.4 Å². The summed E-state index contributed by atoms with van der Waals surface area (Å²) in [7, 11) is -3.89. The SMILES string of the molecule is CCOC(=O)NC(CNC(=O)c1ccc(S(=O)(=O)Nc2ccc(F)cc2)cc1)CC(C)C. The van der Waals surface area contributed by atoms with E-state index in [4.69, 9.17) is 4.74 Å². The number of rotatable bonds is 10. The summed E-state index contributed by atoms with van der Waals surface area (Å²) < 4.78 is 45.2. The lowest BCUT2D eigenvalue weighted by molar-refractivity contribution is 0.0944. The fourth-order valence-electron chi connectivity index (χ4n) is 2.94. The topological polar surface area (TPSA) is 114 Å². The van der Waals surface area contributed by atoms with Crippen LogP contribution in [0.2, 0.25) is 0 Å². The average Bonchev–Trinajstić information content (AvgIpc) is 2.73. The van der Waals surface area contributed by atoms with Crippen LogP contribution in [0.15, 0.2) is 53.4 Å². The van der Waals surface area contributed by atoms with Gasteiger partial charge in [-0.2, -0.15) is 0 Å². The fourth-order valence-corrected chi connectivity index (χ4v) is 4.00. The number of carbonyl (C=O) groups is 2. The number of halogens is 1. The van der Waals surface area contributed by atoms with Crippen LogP contribution in [0.1, 0.15) is 37.6 Å². The minimum Gasteiger partial charge on any atom is -0.450 e. The van der Waals surface area contributed by atoms with Crippen molar-refractivity contribution in [2.75, 3.05) is 17.9 Å². The number of hydrogen-bond donors (Lipinski definition) is 3. The van der Waals surface area contributed by atoms with Gasteiger partial charge in [0.1, 0.15) is 5.82 Å². The third kappa shape index (κ3) is 7.84. The van der Waals surface area contributed by atoms with E-state index in [2.05, 4.69) is 15.4 Å². The van der Waals surface area contributed by atoms with Gasteiger partial charge >= 0.3 is 6.09 Å². The predicted octanol–water partition coefficient (Wildman–Crippen LogP) is 3.52. The summed E-state index contributed by atoms with van der Waals surface area (Å²) in [6, 6.07) is 10.0. The van der Waals surface area contributed by atoms with Crippen LogP contribution in [0.25, 0.3) is 0 Å². The molecule has 2 aromatic carbocycles. The van der Waals surface area contributed by atoms with Gasteiger partial charge in [-0.25, -0.2) is 17.6 Å². The summed E-state index contributed by atoms with van der Waals surface area (Å²) in [6.07, 6.45) is 0.0984. The number of alkyl carbamates (subject to hydrolysis) is 1. The molecule has 0 aliphatic heterocycles. The van der Waals surface area contributed by atoms with Crippen LogP contribution in [0.4, 0.5) is 14.9 Å². The molecule has 174 valence electrons. The summed E-state index contributed by atoms with van der Waals surface area (Å²) in [5, 5.41) is 5.47. The second kappa shape index (κ2) is 11.5. The summed E-state index contributed by atoms with van der Waals surface area (Å²) >= 11 is 0. The molecule has 8 nitrogen and oxygen atoms in total. The quantitative estimate of drug-likeness (QED) is 0.497. The van der Waals surface area contributed by atoms with Gasteiger partial charge in [0.2, 0.25) is 0 Å². The van der Waals surface area contributed by atoms with Crippen molar-refractivity contribution in [3.63, 3.8) is 0 Å². The smallest absolute Gasteiger partial charge is 0.407 e. The number of carbonyl (C=O) groups excluding carboxylic acids is 2. The van der Waals surface area contributed by atoms with E-state index in [1.54, 1.807) is 6.92 Å². The van der Waals surface area contributed by atoms with Crippen molar-refractivity contribution in [3.05, 3.63) is 59.9 Å². The molecule has 0 spiro atoms. The Labute approximate surface area is 187 Å². The number of ether oxygens (including phenoxy) is 1.